The average Bonchev–Trinajstić information content (AvgIpc) is 2.75. The Morgan fingerprint density at radius 2 is 1.44 bits per heavy atom. The van der Waals surface area contributed by atoms with Gasteiger partial charge in [0.15, 0.2) is 11.6 Å². The lowest BCUT2D eigenvalue weighted by Crippen LogP contribution is -2.23. The summed E-state index contributed by atoms with van der Waals surface area (Å²) in [5.41, 5.74) is 8.07. The van der Waals surface area contributed by atoms with Gasteiger partial charge in [-0.3, -0.25) is 9.59 Å². The van der Waals surface area contributed by atoms with Crippen LogP contribution >= 0.6 is 11.8 Å². The van der Waals surface area contributed by atoms with Gasteiger partial charge in [0.05, 0.1) is 16.7 Å². The van der Waals surface area contributed by atoms with Gasteiger partial charge in [0.25, 0.3) is 0 Å². The second kappa shape index (κ2) is 9.18. The van der Waals surface area contributed by atoms with Crippen LogP contribution in [-0.4, -0.2) is 21.8 Å². The molecule has 0 aliphatic heterocycles. The van der Waals surface area contributed by atoms with Crippen LogP contribution in [0.2, 0.25) is 0 Å². The van der Waals surface area contributed by atoms with Crippen molar-refractivity contribution < 1.29 is 19.8 Å². The Labute approximate surface area is 204 Å². The highest BCUT2D eigenvalue weighted by molar-refractivity contribution is 7.99. The van der Waals surface area contributed by atoms with E-state index in [1.807, 2.05) is 39.8 Å². The molecule has 0 saturated heterocycles. The van der Waals surface area contributed by atoms with Crippen LogP contribution < -0.4 is 5.73 Å². The Hall–Kier alpha value is -3.25. The number of aromatic hydroxyl groups is 2. The van der Waals surface area contributed by atoms with E-state index < -0.39 is 11.6 Å². The van der Waals surface area contributed by atoms with Crippen molar-refractivity contribution in [1.82, 2.24) is 0 Å². The number of anilines is 1. The molecule has 1 aliphatic rings. The third kappa shape index (κ3) is 4.30. The molecular weight excluding hydrogens is 446 g/mol. The first kappa shape index (κ1) is 23.9. The van der Waals surface area contributed by atoms with E-state index in [1.165, 1.54) is 11.8 Å². The Bertz CT molecular complexity index is 1310. The van der Waals surface area contributed by atoms with E-state index in [0.29, 0.717) is 34.6 Å². The number of fused-ring (bicyclic) bond motifs is 2. The third-order valence-corrected chi connectivity index (χ3v) is 6.90. The predicted molar refractivity (Wildman–Crippen MR) is 135 cm³/mol. The number of nitrogen functional groups attached to an aromatic ring is 1. The van der Waals surface area contributed by atoms with Gasteiger partial charge in [0.2, 0.25) is 0 Å². The Morgan fingerprint density at radius 3 is 2.09 bits per heavy atom. The standard InChI is InChI=1S/C28H29NO4S/c1-14(2)10-16-8-9-20-22(25(16)30)28(33)23-21(34-19-7-5-6-18(29)13-19)12-17(11-15(3)4)26(31)24(23)27(20)32/h5-9,12-15,30-31H,10-11,29H2,1-4H3. The van der Waals surface area contributed by atoms with Gasteiger partial charge in [0, 0.05) is 21.0 Å². The van der Waals surface area contributed by atoms with Crippen molar-refractivity contribution in [3.05, 3.63) is 75.8 Å². The quantitative estimate of drug-likeness (QED) is 0.296. The molecule has 3 aromatic carbocycles. The largest absolute Gasteiger partial charge is 0.507 e. The lowest BCUT2D eigenvalue weighted by Gasteiger charge is -2.25. The first-order valence-corrected chi connectivity index (χ1v) is 12.3. The Morgan fingerprint density at radius 1 is 0.794 bits per heavy atom. The number of carbonyl (C=O) groups is 2. The fraction of sp³-hybridized carbons (Fsp3) is 0.286. The second-order valence-corrected chi connectivity index (χ2v) is 10.8. The number of hydrogen-bond donors (Lipinski definition) is 3. The van der Waals surface area contributed by atoms with Crippen LogP contribution in [0.4, 0.5) is 5.69 Å². The van der Waals surface area contributed by atoms with Crippen molar-refractivity contribution in [3.63, 3.8) is 0 Å². The smallest absolute Gasteiger partial charge is 0.199 e. The highest BCUT2D eigenvalue weighted by Crippen LogP contribution is 2.45. The van der Waals surface area contributed by atoms with Gasteiger partial charge in [-0.25, -0.2) is 0 Å². The lowest BCUT2D eigenvalue weighted by atomic mass is 9.80. The maximum Gasteiger partial charge on any atom is 0.199 e. The molecule has 0 fully saturated rings. The zero-order chi connectivity index (χ0) is 24.7. The van der Waals surface area contributed by atoms with E-state index in [2.05, 4.69) is 0 Å². The minimum Gasteiger partial charge on any atom is -0.507 e. The minimum absolute atomic E-state index is 0.0121. The molecule has 0 aromatic heterocycles. The van der Waals surface area contributed by atoms with Crippen molar-refractivity contribution >= 4 is 29.0 Å². The maximum atomic E-state index is 13.8. The van der Waals surface area contributed by atoms with E-state index >= 15 is 0 Å². The van der Waals surface area contributed by atoms with Crippen molar-refractivity contribution in [1.29, 1.82) is 0 Å². The molecule has 0 amide bonds. The topological polar surface area (TPSA) is 101 Å². The molecular formula is C28H29NO4S. The van der Waals surface area contributed by atoms with Crippen LogP contribution in [0.1, 0.15) is 70.7 Å². The Balaban J connectivity index is 1.95. The predicted octanol–water partition coefficient (Wildman–Crippen LogP) is 6.00. The van der Waals surface area contributed by atoms with Crippen LogP contribution in [0.5, 0.6) is 11.5 Å². The molecule has 4 rings (SSSR count). The van der Waals surface area contributed by atoms with E-state index in [0.717, 1.165) is 4.90 Å². The van der Waals surface area contributed by atoms with Crippen LogP contribution in [0, 0.1) is 11.8 Å². The van der Waals surface area contributed by atoms with E-state index in [9.17, 15) is 19.8 Å². The van der Waals surface area contributed by atoms with E-state index in [1.54, 1.807) is 30.3 Å². The molecule has 0 saturated carbocycles. The molecule has 0 radical (unpaired) electrons. The molecule has 0 unspecified atom stereocenters. The van der Waals surface area contributed by atoms with Crippen molar-refractivity contribution in [2.45, 2.75) is 50.3 Å². The normalized spacial score (nSPS) is 12.9. The number of carbonyl (C=O) groups excluding carboxylic acids is 2. The number of phenols is 2. The van der Waals surface area contributed by atoms with Crippen LogP contribution in [-0.2, 0) is 12.8 Å². The molecule has 3 aromatic rings. The first-order valence-electron chi connectivity index (χ1n) is 11.4. The summed E-state index contributed by atoms with van der Waals surface area (Å²) < 4.78 is 0. The molecule has 0 bridgehead atoms. The summed E-state index contributed by atoms with van der Waals surface area (Å²) in [6.07, 6.45) is 1.13. The molecule has 4 N–H and O–H groups in total. The van der Waals surface area contributed by atoms with Gasteiger partial charge in [-0.15, -0.1) is 0 Å². The Kier molecular flexibility index (Phi) is 6.45. The molecule has 176 valence electrons. The summed E-state index contributed by atoms with van der Waals surface area (Å²) in [5, 5.41) is 22.1. The SMILES string of the molecule is CC(C)Cc1ccc2c(c1O)C(=O)c1c(Sc3cccc(N)c3)cc(CC(C)C)c(O)c1C2=O. The first-order chi connectivity index (χ1) is 16.1. The number of nitrogens with two attached hydrogens (primary N) is 1. The molecule has 1 aliphatic carbocycles. The van der Waals surface area contributed by atoms with Gasteiger partial charge in [-0.2, -0.15) is 0 Å². The maximum absolute atomic E-state index is 13.8. The summed E-state index contributed by atoms with van der Waals surface area (Å²) in [4.78, 5) is 28.8. The highest BCUT2D eigenvalue weighted by Gasteiger charge is 2.38. The van der Waals surface area contributed by atoms with Gasteiger partial charge >= 0.3 is 0 Å². The molecule has 0 heterocycles. The van der Waals surface area contributed by atoms with E-state index in [4.69, 9.17) is 5.73 Å². The van der Waals surface area contributed by atoms with Crippen LogP contribution in [0.15, 0.2) is 52.3 Å². The third-order valence-electron chi connectivity index (χ3n) is 5.87. The zero-order valence-electron chi connectivity index (χ0n) is 19.8. The lowest BCUT2D eigenvalue weighted by molar-refractivity contribution is 0.0971. The number of phenolic OH excluding ortho intramolecular Hbond substituents is 2. The van der Waals surface area contributed by atoms with Crippen LogP contribution in [0.3, 0.4) is 0 Å². The average molecular weight is 476 g/mol. The number of hydrogen-bond acceptors (Lipinski definition) is 6. The summed E-state index contributed by atoms with van der Waals surface area (Å²) in [6.45, 7) is 8.10. The van der Waals surface area contributed by atoms with Crippen molar-refractivity contribution in [3.8, 4) is 11.5 Å². The summed E-state index contributed by atoms with van der Waals surface area (Å²) in [6, 6.07) is 12.4. The summed E-state index contributed by atoms with van der Waals surface area (Å²) in [7, 11) is 0. The molecule has 0 spiro atoms. The number of benzene rings is 3. The molecule has 34 heavy (non-hydrogen) atoms. The van der Waals surface area contributed by atoms with Gasteiger partial charge in [0.1, 0.15) is 11.5 Å². The fourth-order valence-electron chi connectivity index (χ4n) is 4.45. The van der Waals surface area contributed by atoms with E-state index in [-0.39, 0.29) is 45.6 Å². The number of rotatable bonds is 6. The number of ketones is 2. The second-order valence-electron chi connectivity index (χ2n) is 9.66. The zero-order valence-corrected chi connectivity index (χ0v) is 20.6. The van der Waals surface area contributed by atoms with Gasteiger partial charge in [-0.05, 0) is 66.1 Å². The van der Waals surface area contributed by atoms with Crippen molar-refractivity contribution in [2.24, 2.45) is 11.8 Å². The van der Waals surface area contributed by atoms with Gasteiger partial charge in [-0.1, -0.05) is 51.6 Å². The fourth-order valence-corrected chi connectivity index (χ4v) is 5.54. The van der Waals surface area contributed by atoms with Crippen LogP contribution in [0.25, 0.3) is 0 Å². The molecule has 5 nitrogen and oxygen atoms in total. The minimum atomic E-state index is -0.453. The summed E-state index contributed by atoms with van der Waals surface area (Å²) >= 11 is 1.32. The highest BCUT2D eigenvalue weighted by atomic mass is 32.2. The van der Waals surface area contributed by atoms with Crippen molar-refractivity contribution in [2.75, 3.05) is 5.73 Å². The summed E-state index contributed by atoms with van der Waals surface area (Å²) in [5.74, 6) is -0.711. The monoisotopic (exact) mass is 475 g/mol. The van der Waals surface area contributed by atoms with Gasteiger partial charge < -0.3 is 15.9 Å². The molecule has 6 heteroatoms. The molecule has 0 atom stereocenters.